The van der Waals surface area contributed by atoms with Crippen molar-refractivity contribution in [3.8, 4) is 6.07 Å². The van der Waals surface area contributed by atoms with Crippen molar-refractivity contribution in [2.75, 3.05) is 13.1 Å². The first kappa shape index (κ1) is 10.5. The van der Waals surface area contributed by atoms with Crippen LogP contribution in [0.5, 0.6) is 0 Å². The predicted molar refractivity (Wildman–Crippen MR) is 57.5 cm³/mol. The van der Waals surface area contributed by atoms with E-state index < -0.39 is 0 Å². The van der Waals surface area contributed by atoms with Crippen LogP contribution in [0.15, 0.2) is 0 Å². The predicted octanol–water partition coefficient (Wildman–Crippen LogP) is 2.03. The largest absolute Gasteiger partial charge is 0.343 e. The highest BCUT2D eigenvalue weighted by molar-refractivity contribution is 6.30. The molecule has 2 rings (SSSR count). The minimum atomic E-state index is -0.277. The zero-order valence-corrected chi connectivity index (χ0v) is 9.38. The Hall–Kier alpha value is -1.05. The molecular formula is C10H13ClN4. The van der Waals surface area contributed by atoms with Crippen LogP contribution < -0.4 is 0 Å². The number of likely N-dealkylation sites (tertiary alicyclic amines) is 1. The third kappa shape index (κ3) is 1.99. The fraction of sp³-hybridized carbons (Fsp3) is 0.600. The number of hydrogen-bond donors (Lipinski definition) is 1. The fourth-order valence-corrected chi connectivity index (χ4v) is 2.27. The number of imidazole rings is 1. The maximum Gasteiger partial charge on any atom is 0.153 e. The molecule has 15 heavy (non-hydrogen) atoms. The lowest BCUT2D eigenvalue weighted by Crippen LogP contribution is -2.24. The number of nitrogens with zero attached hydrogens (tertiary/aromatic N) is 3. The Morgan fingerprint density at radius 1 is 1.53 bits per heavy atom. The highest BCUT2D eigenvalue weighted by Gasteiger charge is 2.26. The summed E-state index contributed by atoms with van der Waals surface area (Å²) in [6.07, 6.45) is 2.31. The molecule has 1 aromatic heterocycles. The van der Waals surface area contributed by atoms with Gasteiger partial charge in [0.25, 0.3) is 0 Å². The Morgan fingerprint density at radius 3 is 2.67 bits per heavy atom. The highest BCUT2D eigenvalue weighted by Crippen LogP contribution is 2.27. The first-order valence-electron chi connectivity index (χ1n) is 5.08. The number of aromatic nitrogens is 2. The highest BCUT2D eigenvalue weighted by atomic mass is 35.5. The monoisotopic (exact) mass is 224 g/mol. The summed E-state index contributed by atoms with van der Waals surface area (Å²) in [6, 6.07) is 2.01. The molecular weight excluding hydrogens is 212 g/mol. The van der Waals surface area contributed by atoms with Gasteiger partial charge < -0.3 is 4.98 Å². The summed E-state index contributed by atoms with van der Waals surface area (Å²) in [5.41, 5.74) is 0.735. The molecule has 1 saturated heterocycles. The van der Waals surface area contributed by atoms with Gasteiger partial charge in [-0.05, 0) is 32.9 Å². The van der Waals surface area contributed by atoms with E-state index in [1.807, 2.05) is 6.92 Å². The van der Waals surface area contributed by atoms with E-state index in [9.17, 15) is 5.26 Å². The molecule has 0 bridgehead atoms. The second kappa shape index (κ2) is 4.21. The molecule has 1 aliphatic heterocycles. The SMILES string of the molecule is Cc1nc(Cl)c(C(C#N)N2CCCC2)[nH]1. The average molecular weight is 225 g/mol. The van der Waals surface area contributed by atoms with Crippen molar-refractivity contribution < 1.29 is 0 Å². The van der Waals surface area contributed by atoms with Gasteiger partial charge in [-0.3, -0.25) is 4.90 Å². The molecule has 0 spiro atoms. The Morgan fingerprint density at radius 2 is 2.20 bits per heavy atom. The molecule has 0 radical (unpaired) electrons. The van der Waals surface area contributed by atoms with Crippen LogP contribution in [0.4, 0.5) is 0 Å². The van der Waals surface area contributed by atoms with Crippen molar-refractivity contribution in [3.63, 3.8) is 0 Å². The van der Waals surface area contributed by atoms with Crippen LogP contribution in [0, 0.1) is 18.3 Å². The van der Waals surface area contributed by atoms with Crippen molar-refractivity contribution in [1.29, 1.82) is 5.26 Å². The van der Waals surface area contributed by atoms with Gasteiger partial charge in [0.2, 0.25) is 0 Å². The van der Waals surface area contributed by atoms with Crippen molar-refractivity contribution >= 4 is 11.6 Å². The summed E-state index contributed by atoms with van der Waals surface area (Å²) in [5, 5.41) is 9.60. The van der Waals surface area contributed by atoms with Crippen molar-refractivity contribution in [2.24, 2.45) is 0 Å². The topological polar surface area (TPSA) is 55.7 Å². The van der Waals surface area contributed by atoms with E-state index in [1.165, 1.54) is 0 Å². The Bertz CT molecular complexity index is 387. The summed E-state index contributed by atoms with van der Waals surface area (Å²) >= 11 is 5.98. The Balaban J connectivity index is 2.26. The quantitative estimate of drug-likeness (QED) is 0.837. The Labute approximate surface area is 93.9 Å². The lowest BCUT2D eigenvalue weighted by molar-refractivity contribution is 0.290. The molecule has 5 heteroatoms. The fourth-order valence-electron chi connectivity index (χ4n) is 1.99. The van der Waals surface area contributed by atoms with Gasteiger partial charge in [-0.25, -0.2) is 4.98 Å². The normalized spacial score (nSPS) is 19.0. The number of aryl methyl sites for hydroxylation is 1. The number of aromatic amines is 1. The number of hydrogen-bond acceptors (Lipinski definition) is 3. The van der Waals surface area contributed by atoms with Crippen LogP contribution in [-0.2, 0) is 0 Å². The first-order chi connectivity index (χ1) is 7.22. The molecule has 0 saturated carbocycles. The van der Waals surface area contributed by atoms with E-state index in [-0.39, 0.29) is 6.04 Å². The standard InChI is InChI=1S/C10H13ClN4/c1-7-13-9(10(11)14-7)8(6-12)15-4-2-3-5-15/h8H,2-5H2,1H3,(H,13,14). The second-order valence-corrected chi connectivity index (χ2v) is 4.16. The molecule has 1 aromatic rings. The Kier molecular flexibility index (Phi) is 2.94. The van der Waals surface area contributed by atoms with Crippen LogP contribution in [0.3, 0.4) is 0 Å². The third-order valence-corrected chi connectivity index (χ3v) is 2.99. The van der Waals surface area contributed by atoms with Crippen molar-refractivity contribution in [2.45, 2.75) is 25.8 Å². The zero-order valence-electron chi connectivity index (χ0n) is 8.63. The van der Waals surface area contributed by atoms with Gasteiger partial charge >= 0.3 is 0 Å². The molecule has 1 atom stereocenters. The van der Waals surface area contributed by atoms with Crippen molar-refractivity contribution in [1.82, 2.24) is 14.9 Å². The first-order valence-corrected chi connectivity index (χ1v) is 5.46. The molecule has 2 heterocycles. The second-order valence-electron chi connectivity index (χ2n) is 3.80. The van der Waals surface area contributed by atoms with Gasteiger partial charge in [-0.2, -0.15) is 5.26 Å². The molecule has 1 aliphatic rings. The third-order valence-electron chi connectivity index (χ3n) is 2.71. The van der Waals surface area contributed by atoms with E-state index in [0.717, 1.165) is 37.4 Å². The number of nitrogens with one attached hydrogen (secondary N) is 1. The number of H-pyrrole nitrogens is 1. The maximum atomic E-state index is 9.18. The van der Waals surface area contributed by atoms with Gasteiger partial charge in [0.15, 0.2) is 5.15 Å². The zero-order chi connectivity index (χ0) is 10.8. The minimum absolute atomic E-state index is 0.277. The molecule has 4 nitrogen and oxygen atoms in total. The molecule has 0 aliphatic carbocycles. The summed E-state index contributed by atoms with van der Waals surface area (Å²) in [7, 11) is 0. The van der Waals surface area contributed by atoms with Crippen LogP contribution >= 0.6 is 11.6 Å². The van der Waals surface area contributed by atoms with Gasteiger partial charge in [0, 0.05) is 0 Å². The smallest absolute Gasteiger partial charge is 0.153 e. The van der Waals surface area contributed by atoms with E-state index in [0.29, 0.717) is 5.15 Å². The maximum absolute atomic E-state index is 9.18. The van der Waals surface area contributed by atoms with Crippen molar-refractivity contribution in [3.05, 3.63) is 16.7 Å². The summed E-state index contributed by atoms with van der Waals surface area (Å²) in [5.74, 6) is 0.759. The lowest BCUT2D eigenvalue weighted by atomic mass is 10.2. The summed E-state index contributed by atoms with van der Waals surface area (Å²) < 4.78 is 0. The molecule has 0 aromatic carbocycles. The van der Waals surface area contributed by atoms with Crippen LogP contribution in [0.25, 0.3) is 0 Å². The van der Waals surface area contributed by atoms with E-state index in [4.69, 9.17) is 11.6 Å². The molecule has 1 N–H and O–H groups in total. The molecule has 1 fully saturated rings. The van der Waals surface area contributed by atoms with Gasteiger partial charge in [-0.1, -0.05) is 11.6 Å². The summed E-state index contributed by atoms with van der Waals surface area (Å²) in [4.78, 5) is 9.29. The van der Waals surface area contributed by atoms with E-state index >= 15 is 0 Å². The average Bonchev–Trinajstić information content (AvgIpc) is 2.79. The van der Waals surface area contributed by atoms with Crippen LogP contribution in [0.2, 0.25) is 5.15 Å². The molecule has 80 valence electrons. The number of rotatable bonds is 2. The number of halogens is 1. The van der Waals surface area contributed by atoms with Crippen LogP contribution in [-0.4, -0.2) is 28.0 Å². The van der Waals surface area contributed by atoms with Gasteiger partial charge in [-0.15, -0.1) is 0 Å². The van der Waals surface area contributed by atoms with Gasteiger partial charge in [0.05, 0.1) is 11.8 Å². The molecule has 1 unspecified atom stereocenters. The number of nitriles is 1. The summed E-state index contributed by atoms with van der Waals surface area (Å²) in [6.45, 7) is 3.77. The van der Waals surface area contributed by atoms with Crippen LogP contribution in [0.1, 0.15) is 30.4 Å². The van der Waals surface area contributed by atoms with Gasteiger partial charge in [0.1, 0.15) is 11.9 Å². The minimum Gasteiger partial charge on any atom is -0.343 e. The molecule has 0 amide bonds. The lowest BCUT2D eigenvalue weighted by Gasteiger charge is -2.19. The van der Waals surface area contributed by atoms with E-state index in [2.05, 4.69) is 20.9 Å². The van der Waals surface area contributed by atoms with E-state index in [1.54, 1.807) is 0 Å².